The lowest BCUT2D eigenvalue weighted by Gasteiger charge is -2.29. The zero-order valence-electron chi connectivity index (χ0n) is 14.3. The van der Waals surface area contributed by atoms with Crippen LogP contribution in [0.1, 0.15) is 30.9 Å². The molecule has 1 fully saturated rings. The number of hydrogen-bond donors (Lipinski definition) is 2. The molecule has 2 N–H and O–H groups in total. The third kappa shape index (κ3) is 3.45. The topological polar surface area (TPSA) is 45.2 Å². The molecule has 0 saturated carbocycles. The highest BCUT2D eigenvalue weighted by Gasteiger charge is 2.25. The zero-order chi connectivity index (χ0) is 18.1. The summed E-state index contributed by atoms with van der Waals surface area (Å²) in [5, 5.41) is 16.7. The van der Waals surface area contributed by atoms with Crippen molar-refractivity contribution in [3.63, 3.8) is 0 Å². The summed E-state index contributed by atoms with van der Waals surface area (Å²) in [6, 6.07) is 15.3. The van der Waals surface area contributed by atoms with E-state index in [0.29, 0.717) is 15.6 Å². The molecule has 3 aromatic rings. The molecule has 0 spiro atoms. The van der Waals surface area contributed by atoms with Gasteiger partial charge in [0.15, 0.2) is 0 Å². The van der Waals surface area contributed by atoms with Gasteiger partial charge in [-0.25, -0.2) is 4.98 Å². The molecular weight excluding hydrogens is 367 g/mol. The van der Waals surface area contributed by atoms with Crippen LogP contribution >= 0.6 is 23.2 Å². The molecule has 26 heavy (non-hydrogen) atoms. The number of rotatable bonds is 3. The van der Waals surface area contributed by atoms with Crippen LogP contribution in [0.25, 0.3) is 22.2 Å². The first-order chi connectivity index (χ1) is 12.6. The van der Waals surface area contributed by atoms with Crippen LogP contribution < -0.4 is 5.32 Å². The predicted octanol–water partition coefficient (Wildman–Crippen LogP) is 5.38. The predicted molar refractivity (Wildman–Crippen MR) is 108 cm³/mol. The van der Waals surface area contributed by atoms with E-state index in [-0.39, 0.29) is 6.04 Å². The molecule has 3 nitrogen and oxygen atoms in total. The molecule has 0 amide bonds. The second-order valence-corrected chi connectivity index (χ2v) is 7.58. The monoisotopic (exact) mass is 386 g/mol. The van der Waals surface area contributed by atoms with Gasteiger partial charge in [0.2, 0.25) is 0 Å². The second kappa shape index (κ2) is 7.53. The van der Waals surface area contributed by atoms with Crippen LogP contribution in [0.2, 0.25) is 10.0 Å². The van der Waals surface area contributed by atoms with Crippen molar-refractivity contribution >= 4 is 34.1 Å². The maximum absolute atomic E-state index is 11.1. The molecule has 2 heterocycles. The van der Waals surface area contributed by atoms with E-state index in [1.807, 2.05) is 48.5 Å². The maximum Gasteiger partial charge on any atom is 0.0950 e. The first-order valence-corrected chi connectivity index (χ1v) is 9.65. The summed E-state index contributed by atoms with van der Waals surface area (Å²) in [7, 11) is 0. The van der Waals surface area contributed by atoms with Crippen LogP contribution in [0.5, 0.6) is 0 Å². The van der Waals surface area contributed by atoms with Crippen molar-refractivity contribution in [3.05, 3.63) is 64.1 Å². The summed E-state index contributed by atoms with van der Waals surface area (Å²) in [6.45, 7) is 0.940. The number of fused-ring (bicyclic) bond motifs is 1. The third-order valence-electron chi connectivity index (χ3n) is 5.01. The molecule has 0 bridgehead atoms. The minimum Gasteiger partial charge on any atom is -0.387 e. The Morgan fingerprint density at radius 2 is 1.88 bits per heavy atom. The number of para-hydroxylation sites is 1. The van der Waals surface area contributed by atoms with Crippen molar-refractivity contribution in [2.24, 2.45) is 0 Å². The van der Waals surface area contributed by atoms with Gasteiger partial charge in [-0.15, -0.1) is 0 Å². The molecule has 0 radical (unpaired) electrons. The van der Waals surface area contributed by atoms with E-state index in [2.05, 4.69) is 5.32 Å². The van der Waals surface area contributed by atoms with Crippen LogP contribution in [-0.2, 0) is 0 Å². The second-order valence-electron chi connectivity index (χ2n) is 6.74. The third-order valence-corrected chi connectivity index (χ3v) is 5.57. The lowest BCUT2D eigenvalue weighted by molar-refractivity contribution is 0.115. The van der Waals surface area contributed by atoms with Gasteiger partial charge in [0, 0.05) is 22.0 Å². The minimum atomic E-state index is -0.606. The van der Waals surface area contributed by atoms with E-state index in [1.165, 1.54) is 0 Å². The van der Waals surface area contributed by atoms with Gasteiger partial charge in [0.1, 0.15) is 0 Å². The van der Waals surface area contributed by atoms with Crippen LogP contribution in [0.3, 0.4) is 0 Å². The largest absolute Gasteiger partial charge is 0.387 e. The Kier molecular flexibility index (Phi) is 5.14. The number of hydrogen-bond acceptors (Lipinski definition) is 3. The molecule has 1 saturated heterocycles. The fourth-order valence-electron chi connectivity index (χ4n) is 3.62. The summed E-state index contributed by atoms with van der Waals surface area (Å²) in [5.41, 5.74) is 3.31. The van der Waals surface area contributed by atoms with Gasteiger partial charge in [-0.2, -0.15) is 0 Å². The first kappa shape index (κ1) is 17.7. The van der Waals surface area contributed by atoms with Crippen molar-refractivity contribution in [2.75, 3.05) is 6.54 Å². The van der Waals surface area contributed by atoms with E-state index < -0.39 is 6.10 Å². The quantitative estimate of drug-likeness (QED) is 0.634. The zero-order valence-corrected chi connectivity index (χ0v) is 15.8. The normalized spacial score (nSPS) is 18.8. The lowest BCUT2D eigenvalue weighted by Crippen LogP contribution is -2.38. The Morgan fingerprint density at radius 3 is 2.62 bits per heavy atom. The fourth-order valence-corrected chi connectivity index (χ4v) is 3.96. The summed E-state index contributed by atoms with van der Waals surface area (Å²) in [4.78, 5) is 4.76. The van der Waals surface area contributed by atoms with Gasteiger partial charge in [-0.1, -0.05) is 53.9 Å². The SMILES string of the molecule is OC(c1cc(-c2ccc(Cl)cc2)nc2c(Cl)cccc12)C1CCCCN1. The number of piperidine rings is 1. The average Bonchev–Trinajstić information content (AvgIpc) is 2.68. The number of pyridine rings is 1. The molecule has 2 atom stereocenters. The Morgan fingerprint density at radius 1 is 1.08 bits per heavy atom. The fraction of sp³-hybridized carbons (Fsp3) is 0.286. The van der Waals surface area contributed by atoms with Crippen LogP contribution in [0, 0.1) is 0 Å². The number of nitrogens with one attached hydrogen (secondary N) is 1. The smallest absolute Gasteiger partial charge is 0.0950 e. The van der Waals surface area contributed by atoms with E-state index in [1.54, 1.807) is 0 Å². The Labute approximate surface area is 163 Å². The molecule has 1 aromatic heterocycles. The molecule has 2 aromatic carbocycles. The molecule has 1 aliphatic heterocycles. The van der Waals surface area contributed by atoms with Crippen molar-refractivity contribution in [1.82, 2.24) is 10.3 Å². The van der Waals surface area contributed by atoms with Gasteiger partial charge in [0.05, 0.1) is 22.3 Å². The van der Waals surface area contributed by atoms with Crippen molar-refractivity contribution in [2.45, 2.75) is 31.4 Å². The molecule has 5 heteroatoms. The lowest BCUT2D eigenvalue weighted by atomic mass is 9.92. The van der Waals surface area contributed by atoms with E-state index in [9.17, 15) is 5.11 Å². The highest BCUT2D eigenvalue weighted by atomic mass is 35.5. The molecule has 2 unspecified atom stereocenters. The Hall–Kier alpha value is -1.65. The summed E-state index contributed by atoms with van der Waals surface area (Å²) < 4.78 is 0. The first-order valence-electron chi connectivity index (χ1n) is 8.90. The van der Waals surface area contributed by atoms with Crippen LogP contribution in [-0.4, -0.2) is 22.7 Å². The van der Waals surface area contributed by atoms with Gasteiger partial charge in [-0.3, -0.25) is 0 Å². The van der Waals surface area contributed by atoms with E-state index in [4.69, 9.17) is 28.2 Å². The summed E-state index contributed by atoms with van der Waals surface area (Å²) >= 11 is 12.4. The van der Waals surface area contributed by atoms with Gasteiger partial charge in [0.25, 0.3) is 0 Å². The van der Waals surface area contributed by atoms with E-state index in [0.717, 1.165) is 48.0 Å². The summed E-state index contributed by atoms with van der Waals surface area (Å²) in [5.74, 6) is 0. The number of aromatic nitrogens is 1. The molecular formula is C21H20Cl2N2O. The number of aliphatic hydroxyl groups excluding tert-OH is 1. The number of nitrogens with zero attached hydrogens (tertiary/aromatic N) is 1. The Balaban J connectivity index is 1.86. The van der Waals surface area contributed by atoms with Gasteiger partial charge in [-0.05, 0) is 49.2 Å². The summed E-state index contributed by atoms with van der Waals surface area (Å²) in [6.07, 6.45) is 2.64. The van der Waals surface area contributed by atoms with Crippen molar-refractivity contribution < 1.29 is 5.11 Å². The highest BCUT2D eigenvalue weighted by Crippen LogP contribution is 2.34. The van der Waals surface area contributed by atoms with Gasteiger partial charge >= 0.3 is 0 Å². The molecule has 4 rings (SSSR count). The minimum absolute atomic E-state index is 0.0476. The van der Waals surface area contributed by atoms with Crippen LogP contribution in [0.15, 0.2) is 48.5 Å². The number of aliphatic hydroxyl groups is 1. The molecule has 1 aliphatic rings. The maximum atomic E-state index is 11.1. The van der Waals surface area contributed by atoms with Crippen molar-refractivity contribution in [3.8, 4) is 11.3 Å². The average molecular weight is 387 g/mol. The Bertz CT molecular complexity index is 921. The standard InChI is InChI=1S/C21H20Cl2N2O/c22-14-9-7-13(8-10-14)19-12-16(21(26)18-6-1-2-11-24-18)15-4-3-5-17(23)20(15)25-19/h3-5,7-10,12,18,21,24,26H,1-2,6,11H2. The highest BCUT2D eigenvalue weighted by molar-refractivity contribution is 6.35. The van der Waals surface area contributed by atoms with Crippen LogP contribution in [0.4, 0.5) is 0 Å². The van der Waals surface area contributed by atoms with Gasteiger partial charge < -0.3 is 10.4 Å². The number of halogens is 2. The molecule has 134 valence electrons. The molecule has 0 aliphatic carbocycles. The van der Waals surface area contributed by atoms with E-state index >= 15 is 0 Å². The van der Waals surface area contributed by atoms with Crippen molar-refractivity contribution in [1.29, 1.82) is 0 Å². The number of benzene rings is 2.